The molecule has 0 aliphatic carbocycles. The van der Waals surface area contributed by atoms with E-state index in [4.69, 9.17) is 19.6 Å². The minimum atomic E-state index is -0.593. The summed E-state index contributed by atoms with van der Waals surface area (Å²) in [5, 5.41) is 11.0. The van der Waals surface area contributed by atoms with E-state index in [-0.39, 0.29) is 35.6 Å². The highest BCUT2D eigenvalue weighted by Gasteiger charge is 2.31. The van der Waals surface area contributed by atoms with Crippen molar-refractivity contribution in [2.75, 3.05) is 31.4 Å². The second-order valence-corrected chi connectivity index (χ2v) is 10.6. The zero-order valence-corrected chi connectivity index (χ0v) is 24.2. The SMILES string of the molecule is CN/C(=C\c1ccc(F)cc1)CC1(C)CSC(COc2cccc(N(C)C(=O)c3cc(F)ccc3C=O)c2)=N1.O=CO. The average Bonchev–Trinajstić information content (AvgIpc) is 3.36. The molecule has 1 unspecified atom stereocenters. The van der Waals surface area contributed by atoms with Gasteiger partial charge in [-0.3, -0.25) is 19.4 Å². The second kappa shape index (κ2) is 14.9. The van der Waals surface area contributed by atoms with Crippen LogP contribution in [0, 0.1) is 11.6 Å². The first-order chi connectivity index (χ1) is 20.1. The van der Waals surface area contributed by atoms with E-state index in [9.17, 15) is 18.4 Å². The predicted molar refractivity (Wildman–Crippen MR) is 162 cm³/mol. The van der Waals surface area contributed by atoms with Crippen molar-refractivity contribution in [2.45, 2.75) is 18.9 Å². The van der Waals surface area contributed by atoms with Gasteiger partial charge in [-0.15, -0.1) is 11.8 Å². The molecule has 0 fully saturated rings. The van der Waals surface area contributed by atoms with Crippen molar-refractivity contribution >= 4 is 47.2 Å². The lowest BCUT2D eigenvalue weighted by Crippen LogP contribution is -2.27. The Kier molecular flexibility index (Phi) is 11.4. The summed E-state index contributed by atoms with van der Waals surface area (Å²) in [4.78, 5) is 38.9. The van der Waals surface area contributed by atoms with Crippen LogP contribution in [0.15, 0.2) is 77.4 Å². The summed E-state index contributed by atoms with van der Waals surface area (Å²) in [7, 11) is 3.42. The third-order valence-corrected chi connectivity index (χ3v) is 7.60. The van der Waals surface area contributed by atoms with Crippen molar-refractivity contribution in [3.8, 4) is 5.75 Å². The first-order valence-corrected chi connectivity index (χ1v) is 13.8. The number of hydrogen-bond donors (Lipinski definition) is 2. The zero-order valence-electron chi connectivity index (χ0n) is 23.3. The number of carbonyl (C=O) groups is 3. The number of rotatable bonds is 10. The molecule has 0 bridgehead atoms. The highest BCUT2D eigenvalue weighted by molar-refractivity contribution is 8.14. The van der Waals surface area contributed by atoms with E-state index in [1.54, 1.807) is 55.2 Å². The number of thioether (sulfide) groups is 1. The molecule has 1 aliphatic heterocycles. The third kappa shape index (κ3) is 8.74. The number of hydrogen-bond acceptors (Lipinski definition) is 7. The predicted octanol–water partition coefficient (Wildman–Crippen LogP) is 5.69. The number of amides is 1. The third-order valence-electron chi connectivity index (χ3n) is 6.29. The van der Waals surface area contributed by atoms with Gasteiger partial charge in [-0.2, -0.15) is 0 Å². The molecule has 42 heavy (non-hydrogen) atoms. The standard InChI is InChI=1S/C30H29F2N3O3S.CH2O2/c1-30(16-24(33-2)13-20-7-10-22(31)11-8-20)19-39-28(34-30)18-38-26-6-4-5-25(15-26)35(3)29(37)27-14-23(32)12-9-21(27)17-36;2-1-3/h4-15,17,33H,16,18-19H2,1-3H3;1H,(H,2,3)/b24-13-;. The van der Waals surface area contributed by atoms with Gasteiger partial charge in [0.25, 0.3) is 12.4 Å². The maximum Gasteiger partial charge on any atom is 0.290 e. The Morgan fingerprint density at radius 3 is 2.48 bits per heavy atom. The van der Waals surface area contributed by atoms with Gasteiger partial charge in [0.2, 0.25) is 0 Å². The fourth-order valence-corrected chi connectivity index (χ4v) is 5.26. The van der Waals surface area contributed by atoms with Gasteiger partial charge in [0.15, 0.2) is 6.29 Å². The van der Waals surface area contributed by atoms with E-state index < -0.39 is 11.7 Å². The normalized spacial score (nSPS) is 16.0. The molecule has 0 aromatic heterocycles. The molecule has 3 aromatic carbocycles. The van der Waals surface area contributed by atoms with Gasteiger partial charge in [-0.05, 0) is 61.0 Å². The number of halogens is 2. The van der Waals surface area contributed by atoms with Gasteiger partial charge in [-0.25, -0.2) is 8.78 Å². The van der Waals surface area contributed by atoms with Crippen molar-refractivity contribution in [3.05, 3.63) is 101 Å². The molecule has 0 radical (unpaired) electrons. The molecule has 8 nitrogen and oxygen atoms in total. The molecule has 0 spiro atoms. The molecular weight excluding hydrogens is 564 g/mol. The van der Waals surface area contributed by atoms with Crippen molar-refractivity contribution in [1.29, 1.82) is 0 Å². The molecule has 3 aromatic rings. The fourth-order valence-electron chi connectivity index (χ4n) is 4.19. The zero-order chi connectivity index (χ0) is 30.7. The molecule has 0 saturated heterocycles. The van der Waals surface area contributed by atoms with E-state index in [0.717, 1.165) is 34.2 Å². The molecule has 1 amide bonds. The first-order valence-electron chi connectivity index (χ1n) is 12.8. The van der Waals surface area contributed by atoms with Crippen LogP contribution in [0.1, 0.15) is 39.6 Å². The highest BCUT2D eigenvalue weighted by Crippen LogP contribution is 2.33. The molecule has 11 heteroatoms. The molecule has 220 valence electrons. The van der Waals surface area contributed by atoms with Gasteiger partial charge in [0.05, 0.1) is 11.1 Å². The lowest BCUT2D eigenvalue weighted by atomic mass is 9.98. The Morgan fingerprint density at radius 2 is 1.81 bits per heavy atom. The minimum absolute atomic E-state index is 0.00997. The first kappa shape index (κ1) is 32.0. The lowest BCUT2D eigenvalue weighted by molar-refractivity contribution is -0.122. The smallest absolute Gasteiger partial charge is 0.290 e. The summed E-state index contributed by atoms with van der Waals surface area (Å²) in [6.07, 6.45) is 3.21. The number of benzene rings is 3. The summed E-state index contributed by atoms with van der Waals surface area (Å²) in [6, 6.07) is 16.8. The molecular formula is C31H31F2N3O5S. The Morgan fingerprint density at radius 1 is 1.12 bits per heavy atom. The van der Waals surface area contributed by atoms with Crippen molar-refractivity contribution in [3.63, 3.8) is 0 Å². The Bertz CT molecular complexity index is 1480. The molecule has 0 saturated carbocycles. The fraction of sp³-hybridized carbons (Fsp3) is 0.226. The largest absolute Gasteiger partial charge is 0.487 e. The van der Waals surface area contributed by atoms with Gasteiger partial charge < -0.3 is 20.1 Å². The maximum atomic E-state index is 13.7. The van der Waals surface area contributed by atoms with Crippen LogP contribution in [0.2, 0.25) is 0 Å². The van der Waals surface area contributed by atoms with E-state index in [2.05, 4.69) is 12.2 Å². The van der Waals surface area contributed by atoms with Crippen LogP contribution < -0.4 is 15.0 Å². The van der Waals surface area contributed by atoms with Crippen molar-refractivity contribution in [1.82, 2.24) is 5.32 Å². The maximum absolute atomic E-state index is 13.7. The van der Waals surface area contributed by atoms with E-state index >= 15 is 0 Å². The van der Waals surface area contributed by atoms with Gasteiger partial charge >= 0.3 is 0 Å². The van der Waals surface area contributed by atoms with Crippen molar-refractivity contribution in [2.24, 2.45) is 4.99 Å². The summed E-state index contributed by atoms with van der Waals surface area (Å²) in [5.41, 5.74) is 2.22. The molecule has 2 N–H and O–H groups in total. The number of nitrogens with zero attached hydrogens (tertiary/aromatic N) is 2. The molecule has 1 heterocycles. The summed E-state index contributed by atoms with van der Waals surface area (Å²) < 4.78 is 33.0. The summed E-state index contributed by atoms with van der Waals surface area (Å²) >= 11 is 1.63. The number of ether oxygens (including phenoxy) is 1. The summed E-state index contributed by atoms with van der Waals surface area (Å²) in [6.45, 7) is 2.11. The molecule has 1 atom stereocenters. The average molecular weight is 596 g/mol. The summed E-state index contributed by atoms with van der Waals surface area (Å²) in [5.74, 6) is -0.0312. The van der Waals surface area contributed by atoms with Crippen LogP contribution in [0.5, 0.6) is 5.75 Å². The van der Waals surface area contributed by atoms with E-state index in [0.29, 0.717) is 24.1 Å². The van der Waals surface area contributed by atoms with Gasteiger partial charge in [-0.1, -0.05) is 18.2 Å². The van der Waals surface area contributed by atoms with Crippen molar-refractivity contribution < 1.29 is 33.0 Å². The second-order valence-electron chi connectivity index (χ2n) is 9.54. The van der Waals surface area contributed by atoms with Gasteiger partial charge in [0.1, 0.15) is 29.0 Å². The van der Waals surface area contributed by atoms with E-state index in [1.807, 2.05) is 13.1 Å². The van der Waals surface area contributed by atoms with Crippen LogP contribution in [-0.4, -0.2) is 60.8 Å². The topological polar surface area (TPSA) is 108 Å². The monoisotopic (exact) mass is 595 g/mol. The number of nitrogens with one attached hydrogen (secondary N) is 1. The molecule has 1 aliphatic rings. The van der Waals surface area contributed by atoms with Crippen LogP contribution in [-0.2, 0) is 4.79 Å². The number of carbonyl (C=O) groups excluding carboxylic acids is 2. The van der Waals surface area contributed by atoms with Crippen LogP contribution >= 0.6 is 11.8 Å². The van der Waals surface area contributed by atoms with Gasteiger partial charge in [0, 0.05) is 49.3 Å². The number of carboxylic acid groups (broad SMARTS) is 1. The van der Waals surface area contributed by atoms with Crippen LogP contribution in [0.4, 0.5) is 14.5 Å². The lowest BCUT2D eigenvalue weighted by Gasteiger charge is -2.21. The number of aldehydes is 1. The quantitative estimate of drug-likeness (QED) is 0.290. The highest BCUT2D eigenvalue weighted by atomic mass is 32.2. The number of anilines is 1. The minimum Gasteiger partial charge on any atom is -0.487 e. The molecule has 4 rings (SSSR count). The number of aliphatic imine (C=N–C) groups is 1. The van der Waals surface area contributed by atoms with Crippen LogP contribution in [0.3, 0.4) is 0 Å². The Labute approximate surface area is 247 Å². The van der Waals surface area contributed by atoms with E-state index in [1.165, 1.54) is 23.1 Å². The Balaban J connectivity index is 0.00000155. The Hall–Kier alpha value is -4.51. The van der Waals surface area contributed by atoms with Crippen LogP contribution in [0.25, 0.3) is 6.08 Å².